The lowest BCUT2D eigenvalue weighted by molar-refractivity contribution is 0.0697. The molecule has 1 fully saturated rings. The lowest BCUT2D eigenvalue weighted by Crippen LogP contribution is -2.29. The van der Waals surface area contributed by atoms with Crippen LogP contribution in [0.4, 0.5) is 5.69 Å². The number of aryl methyl sites for hydroxylation is 1. The minimum atomic E-state index is -0.944. The zero-order valence-corrected chi connectivity index (χ0v) is 19.7. The second-order valence-electron chi connectivity index (χ2n) is 8.35. The van der Waals surface area contributed by atoms with E-state index >= 15 is 0 Å². The molecule has 1 saturated heterocycles. The third kappa shape index (κ3) is 3.74. The van der Waals surface area contributed by atoms with Crippen molar-refractivity contribution < 1.29 is 9.90 Å². The van der Waals surface area contributed by atoms with Gasteiger partial charge in [0.15, 0.2) is 5.11 Å². The molecular weight excluding hydrogens is 444 g/mol. The van der Waals surface area contributed by atoms with Crippen molar-refractivity contribution in [3.8, 4) is 5.69 Å². The van der Waals surface area contributed by atoms with Crippen molar-refractivity contribution >= 4 is 29.0 Å². The molecule has 6 nitrogen and oxygen atoms in total. The van der Waals surface area contributed by atoms with Gasteiger partial charge in [0.1, 0.15) is 0 Å². The number of nitrogens with one attached hydrogen (secondary N) is 1. The van der Waals surface area contributed by atoms with Crippen molar-refractivity contribution in [1.82, 2.24) is 14.9 Å². The molecular formula is C27H24N4O2S. The molecule has 0 aliphatic carbocycles. The van der Waals surface area contributed by atoms with Gasteiger partial charge in [0.2, 0.25) is 0 Å². The molecule has 7 heteroatoms. The van der Waals surface area contributed by atoms with Crippen LogP contribution in [0.5, 0.6) is 0 Å². The summed E-state index contributed by atoms with van der Waals surface area (Å²) in [7, 11) is 0. The molecule has 0 saturated carbocycles. The van der Waals surface area contributed by atoms with Crippen LogP contribution in [-0.4, -0.2) is 25.7 Å². The average molecular weight is 469 g/mol. The molecule has 3 heterocycles. The molecule has 0 amide bonds. The molecule has 0 bridgehead atoms. The van der Waals surface area contributed by atoms with Crippen LogP contribution in [-0.2, 0) is 0 Å². The smallest absolute Gasteiger partial charge is 0.335 e. The Hall–Kier alpha value is -3.97. The van der Waals surface area contributed by atoms with Crippen molar-refractivity contribution in [2.24, 2.45) is 0 Å². The van der Waals surface area contributed by atoms with Crippen LogP contribution in [0.2, 0.25) is 0 Å². The summed E-state index contributed by atoms with van der Waals surface area (Å²) in [6, 6.07) is 24.9. The topological polar surface area (TPSA) is 70.4 Å². The summed E-state index contributed by atoms with van der Waals surface area (Å²) in [5.74, 6) is -0.944. The predicted octanol–water partition coefficient (Wildman–Crippen LogP) is 5.36. The fourth-order valence-corrected chi connectivity index (χ4v) is 5.15. The maximum Gasteiger partial charge on any atom is 0.335 e. The number of carboxylic acid groups (broad SMARTS) is 1. The van der Waals surface area contributed by atoms with Crippen molar-refractivity contribution in [3.63, 3.8) is 0 Å². The fourth-order valence-electron chi connectivity index (χ4n) is 4.80. The number of carboxylic acids is 1. The monoisotopic (exact) mass is 468 g/mol. The standard InChI is InChI=1S/C27H24N4O2S/c1-17-15-22(18(2)30(17)21-12-8-9-19(16-21)26(32)33)25-24(23-13-6-7-14-28-23)29-27(34)31(25)20-10-4-3-5-11-20/h3-16,24-25H,1-2H3,(H,29,34)(H,32,33)/t24-,25-/m0/s1. The molecule has 0 unspecified atom stereocenters. The SMILES string of the molecule is Cc1cc([C@H]2[C@H](c3ccccn3)NC(=S)N2c2ccccc2)c(C)n1-c1cccc(C(=O)O)c1. The largest absolute Gasteiger partial charge is 0.478 e. The summed E-state index contributed by atoms with van der Waals surface area (Å²) in [4.78, 5) is 18.3. The van der Waals surface area contributed by atoms with Gasteiger partial charge in [0.25, 0.3) is 0 Å². The molecule has 2 atom stereocenters. The zero-order chi connectivity index (χ0) is 23.8. The lowest BCUT2D eigenvalue weighted by Gasteiger charge is -2.28. The third-order valence-corrected chi connectivity index (χ3v) is 6.59. The minimum absolute atomic E-state index is 0.132. The first kappa shape index (κ1) is 21.9. The van der Waals surface area contributed by atoms with Gasteiger partial charge >= 0.3 is 5.97 Å². The number of rotatable bonds is 5. The highest BCUT2D eigenvalue weighted by molar-refractivity contribution is 7.80. The molecule has 2 N–H and O–H groups in total. The maximum absolute atomic E-state index is 11.6. The highest BCUT2D eigenvalue weighted by Gasteiger charge is 2.42. The summed E-state index contributed by atoms with van der Waals surface area (Å²) in [5.41, 5.74) is 6.12. The van der Waals surface area contributed by atoms with E-state index in [1.54, 1.807) is 24.4 Å². The first-order valence-corrected chi connectivity index (χ1v) is 11.4. The molecule has 34 heavy (non-hydrogen) atoms. The molecule has 170 valence electrons. The quantitative estimate of drug-likeness (QED) is 0.384. The first-order valence-electron chi connectivity index (χ1n) is 11.0. The summed E-state index contributed by atoms with van der Waals surface area (Å²) >= 11 is 5.81. The van der Waals surface area contributed by atoms with Crippen molar-refractivity contribution in [2.45, 2.75) is 25.9 Å². The normalized spacial score (nSPS) is 17.6. The summed E-state index contributed by atoms with van der Waals surface area (Å²) in [6.07, 6.45) is 1.79. The minimum Gasteiger partial charge on any atom is -0.478 e. The first-order chi connectivity index (χ1) is 16.5. The Balaban J connectivity index is 1.67. The van der Waals surface area contributed by atoms with E-state index in [0.29, 0.717) is 5.11 Å². The van der Waals surface area contributed by atoms with Gasteiger partial charge in [-0.2, -0.15) is 0 Å². The number of pyridine rings is 1. The van der Waals surface area contributed by atoms with E-state index in [2.05, 4.69) is 44.9 Å². The lowest BCUT2D eigenvalue weighted by atomic mass is 9.96. The van der Waals surface area contributed by atoms with Gasteiger partial charge in [-0.15, -0.1) is 0 Å². The average Bonchev–Trinajstić information content (AvgIpc) is 3.35. The Morgan fingerprint density at radius 3 is 2.41 bits per heavy atom. The van der Waals surface area contributed by atoms with Gasteiger partial charge in [0, 0.05) is 29.0 Å². The van der Waals surface area contributed by atoms with Crippen LogP contribution in [0.1, 0.15) is 45.1 Å². The van der Waals surface area contributed by atoms with Crippen molar-refractivity contribution in [2.75, 3.05) is 4.90 Å². The van der Waals surface area contributed by atoms with Gasteiger partial charge in [0.05, 0.1) is 23.3 Å². The van der Waals surface area contributed by atoms with E-state index in [9.17, 15) is 9.90 Å². The highest BCUT2D eigenvalue weighted by atomic mass is 32.1. The van der Waals surface area contributed by atoms with E-state index in [0.717, 1.165) is 34.0 Å². The summed E-state index contributed by atoms with van der Waals surface area (Å²) in [5, 5.41) is 13.6. The number of nitrogens with zero attached hydrogens (tertiary/aromatic N) is 3. The molecule has 4 aromatic rings. The van der Waals surface area contributed by atoms with E-state index in [-0.39, 0.29) is 17.6 Å². The van der Waals surface area contributed by atoms with Gasteiger partial charge in [-0.1, -0.05) is 30.3 Å². The molecule has 1 aliphatic rings. The number of aromatic nitrogens is 2. The van der Waals surface area contributed by atoms with E-state index in [1.165, 1.54) is 0 Å². The van der Waals surface area contributed by atoms with Gasteiger partial charge in [-0.3, -0.25) is 4.98 Å². The van der Waals surface area contributed by atoms with Gasteiger partial charge in [-0.25, -0.2) is 4.79 Å². The second kappa shape index (κ2) is 8.76. The molecule has 2 aromatic heterocycles. The summed E-state index contributed by atoms with van der Waals surface area (Å²) in [6.45, 7) is 4.10. The van der Waals surface area contributed by atoms with Crippen LogP contribution in [0, 0.1) is 13.8 Å². The van der Waals surface area contributed by atoms with Gasteiger partial charge < -0.3 is 19.9 Å². The van der Waals surface area contributed by atoms with Gasteiger partial charge in [-0.05, 0) is 80.2 Å². The molecule has 2 aromatic carbocycles. The van der Waals surface area contributed by atoms with Crippen LogP contribution in [0.25, 0.3) is 5.69 Å². The Morgan fingerprint density at radius 1 is 0.971 bits per heavy atom. The number of carbonyl (C=O) groups is 1. The molecule has 0 radical (unpaired) electrons. The maximum atomic E-state index is 11.6. The molecule has 5 rings (SSSR count). The van der Waals surface area contributed by atoms with Crippen LogP contribution in [0.15, 0.2) is 85.1 Å². The number of anilines is 1. The fraction of sp³-hybridized carbons (Fsp3) is 0.148. The Kier molecular flexibility index (Phi) is 5.63. The van der Waals surface area contributed by atoms with Crippen LogP contribution >= 0.6 is 12.2 Å². The summed E-state index contributed by atoms with van der Waals surface area (Å²) < 4.78 is 2.10. The number of para-hydroxylation sites is 1. The molecule has 1 aliphatic heterocycles. The molecule has 0 spiro atoms. The Morgan fingerprint density at radius 2 is 1.71 bits per heavy atom. The number of hydrogen-bond acceptors (Lipinski definition) is 3. The van der Waals surface area contributed by atoms with Crippen LogP contribution in [0.3, 0.4) is 0 Å². The van der Waals surface area contributed by atoms with Crippen molar-refractivity contribution in [3.05, 3.63) is 113 Å². The van der Waals surface area contributed by atoms with E-state index in [4.69, 9.17) is 12.2 Å². The number of benzene rings is 2. The zero-order valence-electron chi connectivity index (χ0n) is 18.8. The Bertz CT molecular complexity index is 1370. The van der Waals surface area contributed by atoms with E-state index < -0.39 is 5.97 Å². The second-order valence-corrected chi connectivity index (χ2v) is 8.74. The van der Waals surface area contributed by atoms with E-state index in [1.807, 2.05) is 49.4 Å². The Labute approximate surface area is 203 Å². The van der Waals surface area contributed by atoms with Crippen molar-refractivity contribution in [1.29, 1.82) is 0 Å². The number of aromatic carboxylic acids is 1. The highest BCUT2D eigenvalue weighted by Crippen LogP contribution is 2.43. The third-order valence-electron chi connectivity index (χ3n) is 6.27. The van der Waals surface area contributed by atoms with Crippen LogP contribution < -0.4 is 10.2 Å². The number of hydrogen-bond donors (Lipinski definition) is 2. The predicted molar refractivity (Wildman–Crippen MR) is 137 cm³/mol. The number of thiocarbonyl (C=S) groups is 1.